The van der Waals surface area contributed by atoms with E-state index in [0.29, 0.717) is 47.1 Å². The van der Waals surface area contributed by atoms with Crippen molar-refractivity contribution >= 4 is 45.2 Å². The topological polar surface area (TPSA) is 90.3 Å². The minimum atomic E-state index is -0.557. The number of thioether (sulfide) groups is 1. The summed E-state index contributed by atoms with van der Waals surface area (Å²) in [7, 11) is 0. The van der Waals surface area contributed by atoms with Crippen molar-refractivity contribution in [3.63, 3.8) is 0 Å². The van der Waals surface area contributed by atoms with Crippen LogP contribution in [0.2, 0.25) is 0 Å². The first kappa shape index (κ1) is 30.7. The Morgan fingerprint density at radius 1 is 1.07 bits per heavy atom. The molecule has 0 aliphatic carbocycles. The number of carbonyl (C=O) groups is 1. The molecule has 0 saturated carbocycles. The number of nitrogens with zero attached hydrogens (tertiary/aromatic N) is 3. The molecule has 8 nitrogen and oxygen atoms in total. The molecule has 1 amide bonds. The highest BCUT2D eigenvalue weighted by Crippen LogP contribution is 2.43. The number of ether oxygens (including phenoxy) is 2. The molecular formula is C33H36BrN5O3S. The number of hydrogen-bond acceptors (Lipinski definition) is 7. The van der Waals surface area contributed by atoms with Gasteiger partial charge in [-0.05, 0) is 84.1 Å². The number of hydrogen-bond donors (Lipinski definition) is 2. The van der Waals surface area contributed by atoms with E-state index in [-0.39, 0.29) is 5.91 Å². The molecule has 0 spiro atoms. The van der Waals surface area contributed by atoms with Gasteiger partial charge in [-0.15, -0.1) is 5.10 Å². The van der Waals surface area contributed by atoms with Gasteiger partial charge in [-0.3, -0.25) is 4.79 Å². The molecule has 1 aliphatic heterocycles. The predicted molar refractivity (Wildman–Crippen MR) is 176 cm³/mol. The van der Waals surface area contributed by atoms with E-state index in [9.17, 15) is 4.79 Å². The second-order valence-electron chi connectivity index (χ2n) is 10.2. The molecular weight excluding hydrogens is 626 g/mol. The van der Waals surface area contributed by atoms with Crippen LogP contribution in [0.5, 0.6) is 11.5 Å². The van der Waals surface area contributed by atoms with Crippen LogP contribution >= 0.6 is 27.7 Å². The monoisotopic (exact) mass is 661 g/mol. The first-order valence-corrected chi connectivity index (χ1v) is 16.2. The molecule has 0 bridgehead atoms. The fraction of sp³-hybridized carbons (Fsp3) is 0.303. The summed E-state index contributed by atoms with van der Waals surface area (Å²) in [5.41, 5.74) is 5.05. The molecule has 3 aromatic carbocycles. The Balaban J connectivity index is 1.53. The Kier molecular flexibility index (Phi) is 10.1. The number of rotatable bonds is 12. The highest BCUT2D eigenvalue weighted by molar-refractivity contribution is 9.10. The average molecular weight is 663 g/mol. The third-order valence-electron chi connectivity index (χ3n) is 6.92. The maximum absolute atomic E-state index is 14.0. The summed E-state index contributed by atoms with van der Waals surface area (Å²) in [4.78, 5) is 18.7. The third kappa shape index (κ3) is 7.25. The zero-order chi connectivity index (χ0) is 30.3. The number of nitrogens with one attached hydrogen (secondary N) is 2. The van der Waals surface area contributed by atoms with E-state index in [1.165, 1.54) is 5.56 Å². The second-order valence-corrected chi connectivity index (χ2v) is 12.2. The van der Waals surface area contributed by atoms with Gasteiger partial charge in [0.25, 0.3) is 5.91 Å². The fourth-order valence-corrected chi connectivity index (χ4v) is 6.23. The van der Waals surface area contributed by atoms with Crippen LogP contribution in [0.1, 0.15) is 49.9 Å². The van der Waals surface area contributed by atoms with E-state index in [1.807, 2.05) is 75.4 Å². The number of anilines is 2. The predicted octanol–water partition coefficient (Wildman–Crippen LogP) is 7.80. The van der Waals surface area contributed by atoms with Crippen LogP contribution in [0.3, 0.4) is 0 Å². The molecule has 0 fully saturated rings. The van der Waals surface area contributed by atoms with Gasteiger partial charge in [0.2, 0.25) is 11.1 Å². The summed E-state index contributed by atoms with van der Waals surface area (Å²) in [5, 5.41) is 11.9. The van der Waals surface area contributed by atoms with E-state index >= 15 is 0 Å². The zero-order valence-electron chi connectivity index (χ0n) is 24.8. The van der Waals surface area contributed by atoms with Crippen LogP contribution in [0, 0.1) is 6.92 Å². The number of aromatic nitrogens is 3. The number of allylic oxidation sites excluding steroid dienone is 1. The summed E-state index contributed by atoms with van der Waals surface area (Å²) >= 11 is 5.34. The van der Waals surface area contributed by atoms with Gasteiger partial charge in [0.05, 0.1) is 23.3 Å². The van der Waals surface area contributed by atoms with Crippen LogP contribution in [0.25, 0.3) is 0 Å². The van der Waals surface area contributed by atoms with Crippen molar-refractivity contribution in [3.8, 4) is 11.5 Å². The Hall–Kier alpha value is -3.76. The molecule has 0 saturated heterocycles. The molecule has 1 aliphatic rings. The molecule has 2 N–H and O–H groups in total. The first-order chi connectivity index (χ1) is 20.9. The summed E-state index contributed by atoms with van der Waals surface area (Å²) in [6.45, 7) is 8.91. The van der Waals surface area contributed by atoms with Crippen molar-refractivity contribution < 1.29 is 14.3 Å². The first-order valence-electron chi connectivity index (χ1n) is 14.5. The number of benzene rings is 3. The molecule has 10 heteroatoms. The number of amides is 1. The van der Waals surface area contributed by atoms with E-state index in [1.54, 1.807) is 16.4 Å². The van der Waals surface area contributed by atoms with Gasteiger partial charge in [0.15, 0.2) is 11.5 Å². The minimum absolute atomic E-state index is 0.221. The smallest absolute Gasteiger partial charge is 0.255 e. The van der Waals surface area contributed by atoms with Crippen molar-refractivity contribution in [1.82, 2.24) is 14.8 Å². The van der Waals surface area contributed by atoms with Crippen molar-refractivity contribution in [3.05, 3.63) is 99.2 Å². The Morgan fingerprint density at radius 3 is 2.63 bits per heavy atom. The van der Waals surface area contributed by atoms with Crippen molar-refractivity contribution in [1.29, 1.82) is 0 Å². The lowest BCUT2D eigenvalue weighted by Gasteiger charge is -2.29. The van der Waals surface area contributed by atoms with Crippen LogP contribution in [0.15, 0.2) is 87.6 Å². The van der Waals surface area contributed by atoms with Crippen LogP contribution in [0.4, 0.5) is 11.6 Å². The summed E-state index contributed by atoms with van der Waals surface area (Å²) < 4.78 is 14.9. The molecule has 2 heterocycles. The van der Waals surface area contributed by atoms with E-state index in [0.717, 1.165) is 39.9 Å². The van der Waals surface area contributed by atoms with Gasteiger partial charge in [-0.25, -0.2) is 4.68 Å². The van der Waals surface area contributed by atoms with Crippen molar-refractivity contribution in [2.45, 2.75) is 51.7 Å². The summed E-state index contributed by atoms with van der Waals surface area (Å²) in [6.07, 6.45) is 1.77. The van der Waals surface area contributed by atoms with Gasteiger partial charge < -0.3 is 20.1 Å². The summed E-state index contributed by atoms with van der Waals surface area (Å²) in [6, 6.07) is 21.4. The van der Waals surface area contributed by atoms with Gasteiger partial charge in [-0.1, -0.05) is 61.2 Å². The largest absolute Gasteiger partial charge is 0.490 e. The molecule has 1 atom stereocenters. The fourth-order valence-electron chi connectivity index (χ4n) is 4.97. The lowest BCUT2D eigenvalue weighted by molar-refractivity contribution is -0.113. The van der Waals surface area contributed by atoms with Gasteiger partial charge in [0, 0.05) is 23.6 Å². The van der Waals surface area contributed by atoms with Gasteiger partial charge in [0.1, 0.15) is 6.04 Å². The molecule has 43 heavy (non-hydrogen) atoms. The normalized spacial score (nSPS) is 14.2. The van der Waals surface area contributed by atoms with Crippen LogP contribution in [-0.2, 0) is 11.2 Å². The maximum atomic E-state index is 14.0. The lowest BCUT2D eigenvalue weighted by atomic mass is 9.94. The SMILES string of the molecule is CCCSc1nc2n(n1)C(c1cc(Br)c(OCCc3ccccc3)c(OCC)c1)C(C(=O)Nc1cccc(C)c1)=C(C)N2. The third-order valence-corrected chi connectivity index (χ3v) is 8.55. The molecule has 1 aromatic heterocycles. The Labute approximate surface area is 265 Å². The maximum Gasteiger partial charge on any atom is 0.255 e. The molecule has 0 radical (unpaired) electrons. The Morgan fingerprint density at radius 2 is 1.88 bits per heavy atom. The number of fused-ring (bicyclic) bond motifs is 1. The highest BCUT2D eigenvalue weighted by atomic mass is 79.9. The van der Waals surface area contributed by atoms with E-state index in [4.69, 9.17) is 19.6 Å². The van der Waals surface area contributed by atoms with Crippen LogP contribution in [-0.4, -0.2) is 39.6 Å². The molecule has 5 rings (SSSR count). The van der Waals surface area contributed by atoms with Crippen molar-refractivity contribution in [2.75, 3.05) is 29.6 Å². The average Bonchev–Trinajstić information content (AvgIpc) is 3.39. The van der Waals surface area contributed by atoms with Crippen LogP contribution < -0.4 is 20.1 Å². The standard InChI is InChI=1S/C33H36BrN5O3S/c1-5-17-43-33-37-32-35-22(4)28(31(40)36-25-14-10-11-21(3)18-25)29(39(32)38-33)24-19-26(34)30(27(20-24)41-6-2)42-16-15-23-12-8-7-9-13-23/h7-14,18-20,29H,5-6,15-17H2,1-4H3,(H,36,40)(H,35,37,38). The molecule has 4 aromatic rings. The minimum Gasteiger partial charge on any atom is -0.490 e. The molecule has 224 valence electrons. The van der Waals surface area contributed by atoms with Gasteiger partial charge in [-0.2, -0.15) is 4.98 Å². The lowest BCUT2D eigenvalue weighted by Crippen LogP contribution is -2.31. The number of halogens is 1. The highest BCUT2D eigenvalue weighted by Gasteiger charge is 2.35. The van der Waals surface area contributed by atoms with Gasteiger partial charge >= 0.3 is 0 Å². The number of carbonyl (C=O) groups excluding carboxylic acids is 1. The molecule has 1 unspecified atom stereocenters. The van der Waals surface area contributed by atoms with Crippen molar-refractivity contribution in [2.24, 2.45) is 0 Å². The zero-order valence-corrected chi connectivity index (χ0v) is 27.2. The summed E-state index contributed by atoms with van der Waals surface area (Å²) in [5.74, 6) is 2.49. The Bertz CT molecular complexity index is 1620. The van der Waals surface area contributed by atoms with E-state index in [2.05, 4.69) is 45.6 Å². The number of aryl methyl sites for hydroxylation is 1. The van der Waals surface area contributed by atoms with E-state index < -0.39 is 6.04 Å². The quantitative estimate of drug-likeness (QED) is 0.150. The second kappa shape index (κ2) is 14.1.